The zero-order valence-electron chi connectivity index (χ0n) is 11.7. The molecular weight excluding hydrogens is 234 g/mol. The van der Waals surface area contributed by atoms with Gasteiger partial charge in [0.15, 0.2) is 0 Å². The predicted molar refractivity (Wildman–Crippen MR) is 67.6 cm³/mol. The van der Waals surface area contributed by atoms with Crippen LogP contribution in [0, 0.1) is 0 Å². The van der Waals surface area contributed by atoms with Crippen LogP contribution in [-0.4, -0.2) is 35.4 Å². The van der Waals surface area contributed by atoms with Crippen molar-refractivity contribution in [3.8, 4) is 0 Å². The highest BCUT2D eigenvalue weighted by Gasteiger charge is 2.52. The molecule has 1 aliphatic heterocycles. The summed E-state index contributed by atoms with van der Waals surface area (Å²) in [6.45, 7) is 9.00. The van der Waals surface area contributed by atoms with E-state index in [0.717, 1.165) is 5.71 Å². The molecule has 5 nitrogen and oxygen atoms in total. The van der Waals surface area contributed by atoms with Crippen LogP contribution in [0.2, 0.25) is 0 Å². The van der Waals surface area contributed by atoms with Gasteiger partial charge in [0.05, 0.1) is 6.61 Å². The van der Waals surface area contributed by atoms with Crippen molar-refractivity contribution in [2.24, 2.45) is 4.99 Å². The largest absolute Gasteiger partial charge is 0.464 e. The van der Waals surface area contributed by atoms with Crippen LogP contribution in [0.15, 0.2) is 4.99 Å². The molecule has 0 saturated heterocycles. The number of hydrogen-bond acceptors (Lipinski definition) is 5. The molecule has 1 atom stereocenters. The van der Waals surface area contributed by atoms with Crippen molar-refractivity contribution in [3.63, 3.8) is 0 Å². The fraction of sp³-hybridized carbons (Fsp3) is 0.769. The first kappa shape index (κ1) is 14.7. The second-order valence-corrected chi connectivity index (χ2v) is 5.43. The lowest BCUT2D eigenvalue weighted by Gasteiger charge is -2.27. The number of hydrogen-bond donors (Lipinski definition) is 0. The Balaban J connectivity index is 3.00. The second-order valence-electron chi connectivity index (χ2n) is 5.43. The third-order valence-corrected chi connectivity index (χ3v) is 2.58. The standard InChI is InChI=1S/C13H21NO4/c1-6-17-10(15)13(8-7-9(2)14-13)11(16)18-12(3,4)5/h6-8H2,1-5H3. The zero-order chi connectivity index (χ0) is 14.0. The van der Waals surface area contributed by atoms with Crippen molar-refractivity contribution in [1.82, 2.24) is 0 Å². The maximum absolute atomic E-state index is 12.2. The molecule has 0 saturated carbocycles. The molecule has 1 rings (SSSR count). The molecule has 0 aromatic rings. The van der Waals surface area contributed by atoms with E-state index in [9.17, 15) is 9.59 Å². The first-order valence-electron chi connectivity index (χ1n) is 6.17. The number of carbonyl (C=O) groups is 2. The van der Waals surface area contributed by atoms with Gasteiger partial charge >= 0.3 is 11.9 Å². The van der Waals surface area contributed by atoms with Crippen LogP contribution < -0.4 is 0 Å². The molecule has 0 spiro atoms. The van der Waals surface area contributed by atoms with Crippen LogP contribution in [0.4, 0.5) is 0 Å². The highest BCUT2D eigenvalue weighted by atomic mass is 16.6. The van der Waals surface area contributed by atoms with E-state index in [1.807, 2.05) is 0 Å². The third kappa shape index (κ3) is 3.09. The van der Waals surface area contributed by atoms with E-state index in [2.05, 4.69) is 4.99 Å². The first-order chi connectivity index (χ1) is 8.21. The fourth-order valence-corrected chi connectivity index (χ4v) is 1.79. The Morgan fingerprint density at radius 1 is 1.33 bits per heavy atom. The van der Waals surface area contributed by atoms with Crippen molar-refractivity contribution in [2.75, 3.05) is 6.61 Å². The molecule has 5 heteroatoms. The van der Waals surface area contributed by atoms with Crippen LogP contribution in [0.3, 0.4) is 0 Å². The molecule has 1 aliphatic rings. The van der Waals surface area contributed by atoms with Gasteiger partial charge in [-0.15, -0.1) is 0 Å². The average molecular weight is 255 g/mol. The Bertz CT molecular complexity index is 381. The summed E-state index contributed by atoms with van der Waals surface area (Å²) >= 11 is 0. The molecule has 0 radical (unpaired) electrons. The number of rotatable bonds is 3. The number of nitrogens with zero attached hydrogens (tertiary/aromatic N) is 1. The molecule has 0 amide bonds. The summed E-state index contributed by atoms with van der Waals surface area (Å²) < 4.78 is 10.3. The Morgan fingerprint density at radius 3 is 2.33 bits per heavy atom. The maximum atomic E-state index is 12.2. The molecule has 0 aromatic heterocycles. The molecule has 102 valence electrons. The van der Waals surface area contributed by atoms with Gasteiger partial charge in [0.25, 0.3) is 5.54 Å². The molecule has 0 fully saturated rings. The number of ether oxygens (including phenoxy) is 2. The fourth-order valence-electron chi connectivity index (χ4n) is 1.79. The van der Waals surface area contributed by atoms with Crippen LogP contribution in [0.25, 0.3) is 0 Å². The van der Waals surface area contributed by atoms with Crippen LogP contribution in [-0.2, 0) is 19.1 Å². The van der Waals surface area contributed by atoms with Crippen molar-refractivity contribution in [3.05, 3.63) is 0 Å². The van der Waals surface area contributed by atoms with Crippen molar-refractivity contribution in [2.45, 2.75) is 58.6 Å². The van der Waals surface area contributed by atoms with Gasteiger partial charge in [-0.05, 0) is 47.5 Å². The van der Waals surface area contributed by atoms with E-state index in [4.69, 9.17) is 9.47 Å². The average Bonchev–Trinajstić information content (AvgIpc) is 2.59. The second kappa shape index (κ2) is 5.08. The quantitative estimate of drug-likeness (QED) is 0.570. The summed E-state index contributed by atoms with van der Waals surface area (Å²) in [6, 6.07) is 0. The lowest BCUT2D eigenvalue weighted by molar-refractivity contribution is -0.171. The molecule has 0 aromatic carbocycles. The van der Waals surface area contributed by atoms with Gasteiger partial charge in [-0.25, -0.2) is 9.59 Å². The van der Waals surface area contributed by atoms with Gasteiger partial charge in [-0.2, -0.15) is 0 Å². The Morgan fingerprint density at radius 2 is 1.94 bits per heavy atom. The normalized spacial score (nSPS) is 23.5. The van der Waals surface area contributed by atoms with E-state index in [0.29, 0.717) is 12.8 Å². The summed E-state index contributed by atoms with van der Waals surface area (Å²) in [5.74, 6) is -1.23. The Hall–Kier alpha value is -1.39. The SMILES string of the molecule is CCOC(=O)C1(C(=O)OC(C)(C)C)CCC(C)=N1. The summed E-state index contributed by atoms with van der Waals surface area (Å²) in [4.78, 5) is 28.4. The van der Waals surface area contributed by atoms with E-state index >= 15 is 0 Å². The van der Waals surface area contributed by atoms with Gasteiger partial charge in [0.1, 0.15) is 5.60 Å². The predicted octanol–water partition coefficient (Wildman–Crippen LogP) is 1.88. The molecular formula is C13H21NO4. The third-order valence-electron chi connectivity index (χ3n) is 2.58. The van der Waals surface area contributed by atoms with Crippen LogP contribution >= 0.6 is 0 Å². The smallest absolute Gasteiger partial charge is 0.346 e. The topological polar surface area (TPSA) is 65.0 Å². The number of esters is 2. The molecule has 0 N–H and O–H groups in total. The summed E-state index contributed by atoms with van der Waals surface area (Å²) in [7, 11) is 0. The Labute approximate surface area is 108 Å². The van der Waals surface area contributed by atoms with Crippen LogP contribution in [0.5, 0.6) is 0 Å². The summed E-state index contributed by atoms with van der Waals surface area (Å²) in [5, 5.41) is 0. The van der Waals surface area contributed by atoms with Crippen molar-refractivity contribution >= 4 is 17.7 Å². The first-order valence-corrected chi connectivity index (χ1v) is 6.17. The Kier molecular flexibility index (Phi) is 4.14. The molecule has 1 unspecified atom stereocenters. The van der Waals surface area contributed by atoms with Gasteiger partial charge in [-0.1, -0.05) is 0 Å². The van der Waals surface area contributed by atoms with Gasteiger partial charge < -0.3 is 9.47 Å². The molecule has 18 heavy (non-hydrogen) atoms. The number of aliphatic imine (C=N–C) groups is 1. The minimum absolute atomic E-state index is 0.220. The highest BCUT2D eigenvalue weighted by molar-refractivity contribution is 6.09. The van der Waals surface area contributed by atoms with Crippen molar-refractivity contribution in [1.29, 1.82) is 0 Å². The monoisotopic (exact) mass is 255 g/mol. The molecule has 1 heterocycles. The van der Waals surface area contributed by atoms with E-state index in [1.54, 1.807) is 34.6 Å². The molecule has 0 aliphatic carbocycles. The minimum Gasteiger partial charge on any atom is -0.464 e. The number of carbonyl (C=O) groups excluding carboxylic acids is 2. The highest BCUT2D eigenvalue weighted by Crippen LogP contribution is 2.30. The minimum atomic E-state index is -1.49. The van der Waals surface area contributed by atoms with E-state index in [-0.39, 0.29) is 6.61 Å². The maximum Gasteiger partial charge on any atom is 0.346 e. The van der Waals surface area contributed by atoms with Gasteiger partial charge in [-0.3, -0.25) is 4.99 Å². The van der Waals surface area contributed by atoms with Crippen molar-refractivity contribution < 1.29 is 19.1 Å². The lowest BCUT2D eigenvalue weighted by Crippen LogP contribution is -2.48. The molecule has 0 bridgehead atoms. The van der Waals surface area contributed by atoms with E-state index < -0.39 is 23.1 Å². The zero-order valence-corrected chi connectivity index (χ0v) is 11.7. The lowest BCUT2D eigenvalue weighted by atomic mass is 9.96. The van der Waals surface area contributed by atoms with Gasteiger partial charge in [0, 0.05) is 5.71 Å². The van der Waals surface area contributed by atoms with E-state index in [1.165, 1.54) is 0 Å². The summed E-state index contributed by atoms with van der Waals surface area (Å²) in [5.41, 5.74) is -1.37. The van der Waals surface area contributed by atoms with Crippen LogP contribution in [0.1, 0.15) is 47.5 Å². The van der Waals surface area contributed by atoms with Gasteiger partial charge in [0.2, 0.25) is 0 Å². The summed E-state index contributed by atoms with van der Waals surface area (Å²) in [6.07, 6.45) is 0.935.